The van der Waals surface area contributed by atoms with Gasteiger partial charge in [-0.05, 0) is 43.1 Å². The number of sulfone groups is 1. The third-order valence-corrected chi connectivity index (χ3v) is 5.47. The minimum atomic E-state index is -2.74. The molecule has 96 valence electrons. The molecule has 0 bridgehead atoms. The minimum Gasteiger partial charge on any atom is -0.330 e. The molecule has 2 N–H and O–H groups in total. The molecule has 1 atom stereocenters. The van der Waals surface area contributed by atoms with Crippen LogP contribution in [0.1, 0.15) is 40.0 Å². The van der Waals surface area contributed by atoms with Gasteiger partial charge in [-0.2, -0.15) is 0 Å². The molecule has 1 unspecified atom stereocenters. The molecule has 3 nitrogen and oxygen atoms in total. The van der Waals surface area contributed by atoms with Crippen molar-refractivity contribution in [2.45, 2.75) is 40.0 Å². The van der Waals surface area contributed by atoms with Gasteiger partial charge in [-0.25, -0.2) is 8.42 Å². The molecule has 0 radical (unpaired) electrons. The Morgan fingerprint density at radius 3 is 2.12 bits per heavy atom. The Morgan fingerprint density at radius 2 is 1.75 bits per heavy atom. The van der Waals surface area contributed by atoms with Crippen LogP contribution in [0.3, 0.4) is 0 Å². The van der Waals surface area contributed by atoms with Gasteiger partial charge in [0, 0.05) is 0 Å². The smallest absolute Gasteiger partial charge is 0.150 e. The van der Waals surface area contributed by atoms with Gasteiger partial charge in [0.25, 0.3) is 0 Å². The molecule has 1 aliphatic heterocycles. The molecule has 0 aromatic heterocycles. The van der Waals surface area contributed by atoms with Crippen LogP contribution in [-0.2, 0) is 9.84 Å². The zero-order chi connectivity index (χ0) is 12.4. The molecule has 1 aliphatic rings. The number of rotatable bonds is 3. The molecule has 0 aliphatic carbocycles. The van der Waals surface area contributed by atoms with Gasteiger partial charge >= 0.3 is 0 Å². The van der Waals surface area contributed by atoms with Crippen LogP contribution < -0.4 is 5.73 Å². The van der Waals surface area contributed by atoms with Crippen molar-refractivity contribution in [1.29, 1.82) is 0 Å². The summed E-state index contributed by atoms with van der Waals surface area (Å²) in [6.07, 6.45) is 2.66. The Balaban J connectivity index is 2.68. The summed E-state index contributed by atoms with van der Waals surface area (Å²) < 4.78 is 22.8. The van der Waals surface area contributed by atoms with Crippen molar-refractivity contribution in [3.8, 4) is 0 Å². The van der Waals surface area contributed by atoms with E-state index in [0.717, 1.165) is 19.3 Å². The van der Waals surface area contributed by atoms with E-state index in [-0.39, 0.29) is 5.41 Å². The monoisotopic (exact) mass is 247 g/mol. The summed E-state index contributed by atoms with van der Waals surface area (Å²) in [6, 6.07) is 0. The molecule has 0 spiro atoms. The molecule has 1 saturated heterocycles. The van der Waals surface area contributed by atoms with Crippen LogP contribution in [0, 0.1) is 17.3 Å². The first-order valence-corrected chi connectivity index (χ1v) is 7.99. The Hall–Kier alpha value is -0.0900. The van der Waals surface area contributed by atoms with Crippen LogP contribution in [0.25, 0.3) is 0 Å². The van der Waals surface area contributed by atoms with Crippen molar-refractivity contribution in [3.05, 3.63) is 0 Å². The zero-order valence-electron chi connectivity index (χ0n) is 10.7. The fourth-order valence-electron chi connectivity index (χ4n) is 2.87. The van der Waals surface area contributed by atoms with Gasteiger partial charge in [-0.15, -0.1) is 0 Å². The van der Waals surface area contributed by atoms with Crippen LogP contribution in [0.2, 0.25) is 0 Å². The molecule has 4 heteroatoms. The quantitative estimate of drug-likeness (QED) is 0.827. The first-order valence-electron chi connectivity index (χ1n) is 6.17. The maximum absolute atomic E-state index is 11.4. The zero-order valence-corrected chi connectivity index (χ0v) is 11.5. The molecule has 0 amide bonds. The summed E-state index contributed by atoms with van der Waals surface area (Å²) in [5.41, 5.74) is 5.90. The van der Waals surface area contributed by atoms with Gasteiger partial charge in [0.2, 0.25) is 0 Å². The Labute approximate surface area is 99.7 Å². The highest BCUT2D eigenvalue weighted by Gasteiger charge is 2.35. The fraction of sp³-hybridized carbons (Fsp3) is 1.00. The van der Waals surface area contributed by atoms with E-state index >= 15 is 0 Å². The summed E-state index contributed by atoms with van der Waals surface area (Å²) in [4.78, 5) is 0. The number of nitrogens with two attached hydrogens (primary N) is 1. The standard InChI is InChI=1S/C12H25NO2S/c1-12(2,3)11(4-7-13)10-5-8-16(14,15)9-6-10/h10-11H,4-9,13H2,1-3H3. The molecular formula is C12H25NO2S. The normalized spacial score (nSPS) is 24.2. The second-order valence-corrected chi connectivity index (χ2v) is 8.34. The van der Waals surface area contributed by atoms with Crippen molar-refractivity contribution < 1.29 is 8.42 Å². The largest absolute Gasteiger partial charge is 0.330 e. The molecule has 16 heavy (non-hydrogen) atoms. The van der Waals surface area contributed by atoms with E-state index in [1.807, 2.05) is 0 Å². The lowest BCUT2D eigenvalue weighted by atomic mass is 9.69. The summed E-state index contributed by atoms with van der Waals surface area (Å²) >= 11 is 0. The summed E-state index contributed by atoms with van der Waals surface area (Å²) in [5.74, 6) is 1.82. The maximum atomic E-state index is 11.4. The van der Waals surface area contributed by atoms with E-state index in [2.05, 4.69) is 20.8 Å². The molecule has 0 saturated carbocycles. The van der Waals surface area contributed by atoms with E-state index in [9.17, 15) is 8.42 Å². The van der Waals surface area contributed by atoms with E-state index < -0.39 is 9.84 Å². The third-order valence-electron chi connectivity index (χ3n) is 3.76. The maximum Gasteiger partial charge on any atom is 0.150 e. The molecule has 0 aromatic carbocycles. The SMILES string of the molecule is CC(C)(C)C(CCN)C1CCS(=O)(=O)CC1. The Bertz CT molecular complexity index is 302. The van der Waals surface area contributed by atoms with Gasteiger partial charge in [0.05, 0.1) is 11.5 Å². The second-order valence-electron chi connectivity index (χ2n) is 6.04. The summed E-state index contributed by atoms with van der Waals surface area (Å²) in [5, 5.41) is 0. The predicted molar refractivity (Wildman–Crippen MR) is 68.0 cm³/mol. The van der Waals surface area contributed by atoms with Crippen molar-refractivity contribution >= 4 is 9.84 Å². The fourth-order valence-corrected chi connectivity index (χ4v) is 4.39. The summed E-state index contributed by atoms with van der Waals surface area (Å²) in [6.45, 7) is 7.40. The Morgan fingerprint density at radius 1 is 1.25 bits per heavy atom. The summed E-state index contributed by atoms with van der Waals surface area (Å²) in [7, 11) is -2.74. The van der Waals surface area contributed by atoms with Gasteiger partial charge in [-0.3, -0.25) is 0 Å². The van der Waals surface area contributed by atoms with Crippen molar-refractivity contribution in [2.75, 3.05) is 18.1 Å². The highest BCUT2D eigenvalue weighted by molar-refractivity contribution is 7.91. The predicted octanol–water partition coefficient (Wildman–Crippen LogP) is 1.82. The molecule has 1 rings (SSSR count). The highest BCUT2D eigenvalue weighted by Crippen LogP contribution is 2.39. The second kappa shape index (κ2) is 5.05. The number of hydrogen-bond donors (Lipinski definition) is 1. The van der Waals surface area contributed by atoms with Crippen LogP contribution in [0.5, 0.6) is 0 Å². The lowest BCUT2D eigenvalue weighted by molar-refractivity contribution is 0.139. The van der Waals surface area contributed by atoms with Crippen molar-refractivity contribution in [2.24, 2.45) is 23.0 Å². The first kappa shape index (κ1) is 14.0. The van der Waals surface area contributed by atoms with Crippen LogP contribution in [0.15, 0.2) is 0 Å². The lowest BCUT2D eigenvalue weighted by Gasteiger charge is -2.39. The topological polar surface area (TPSA) is 60.2 Å². The first-order chi connectivity index (χ1) is 7.26. The Kier molecular flexibility index (Phi) is 4.41. The van der Waals surface area contributed by atoms with E-state index in [0.29, 0.717) is 29.9 Å². The molecular weight excluding hydrogens is 222 g/mol. The molecule has 1 fully saturated rings. The van der Waals surface area contributed by atoms with Crippen molar-refractivity contribution in [3.63, 3.8) is 0 Å². The minimum absolute atomic E-state index is 0.227. The number of hydrogen-bond acceptors (Lipinski definition) is 3. The van der Waals surface area contributed by atoms with Gasteiger partial charge in [-0.1, -0.05) is 20.8 Å². The van der Waals surface area contributed by atoms with E-state index in [1.54, 1.807) is 0 Å². The van der Waals surface area contributed by atoms with Gasteiger partial charge in [0.15, 0.2) is 0 Å². The van der Waals surface area contributed by atoms with E-state index in [1.165, 1.54) is 0 Å². The molecule has 1 heterocycles. The molecule has 0 aromatic rings. The van der Waals surface area contributed by atoms with Gasteiger partial charge < -0.3 is 5.73 Å². The van der Waals surface area contributed by atoms with Crippen LogP contribution in [0.4, 0.5) is 0 Å². The third kappa shape index (κ3) is 3.74. The average Bonchev–Trinajstić information content (AvgIpc) is 2.13. The highest BCUT2D eigenvalue weighted by atomic mass is 32.2. The van der Waals surface area contributed by atoms with Gasteiger partial charge in [0.1, 0.15) is 9.84 Å². The van der Waals surface area contributed by atoms with Crippen LogP contribution in [-0.4, -0.2) is 26.5 Å². The van der Waals surface area contributed by atoms with Crippen molar-refractivity contribution in [1.82, 2.24) is 0 Å². The lowest BCUT2D eigenvalue weighted by Crippen LogP contribution is -2.35. The van der Waals surface area contributed by atoms with E-state index in [4.69, 9.17) is 5.73 Å². The van der Waals surface area contributed by atoms with Crippen LogP contribution >= 0.6 is 0 Å². The average molecular weight is 247 g/mol.